The molecular weight excluding hydrogens is 374 g/mol. The number of ether oxygens (including phenoxy) is 1. The Morgan fingerprint density at radius 1 is 1.28 bits per heavy atom. The van der Waals surface area contributed by atoms with Gasteiger partial charge in [-0.15, -0.1) is 0 Å². The lowest BCUT2D eigenvalue weighted by atomic mass is 9.73. The standard InChI is InChI=1S/C21H27N3O5/c1-3-15-9-4-5-10-16(15)22-17(25)13-29-18(26)12-24-19(27)21(23-20(24)28)11-7-6-8-14(21)2/h4-5,9-10,14H,3,6-8,11-13H2,1-2H3,(H,22,25)(H,23,28)/t14-,21-/m0/s1. The average molecular weight is 401 g/mol. The van der Waals surface area contributed by atoms with Gasteiger partial charge in [0.25, 0.3) is 11.8 Å². The molecule has 2 fully saturated rings. The molecule has 1 saturated heterocycles. The molecule has 3 rings (SSSR count). The van der Waals surface area contributed by atoms with Gasteiger partial charge in [0, 0.05) is 5.69 Å². The third kappa shape index (κ3) is 4.26. The first-order valence-electron chi connectivity index (χ1n) is 10.0. The first-order valence-corrected chi connectivity index (χ1v) is 10.0. The quantitative estimate of drug-likeness (QED) is 0.562. The van der Waals surface area contributed by atoms with Gasteiger partial charge in [-0.05, 0) is 36.8 Å². The van der Waals surface area contributed by atoms with Crippen molar-refractivity contribution in [3.63, 3.8) is 0 Å². The molecule has 156 valence electrons. The second-order valence-corrected chi connectivity index (χ2v) is 7.66. The minimum absolute atomic E-state index is 0.0122. The van der Waals surface area contributed by atoms with Crippen molar-refractivity contribution in [1.82, 2.24) is 10.2 Å². The molecule has 0 unspecified atom stereocenters. The van der Waals surface area contributed by atoms with Crippen LogP contribution in [0, 0.1) is 5.92 Å². The van der Waals surface area contributed by atoms with E-state index in [1.54, 1.807) is 12.1 Å². The third-order valence-electron chi connectivity index (χ3n) is 5.83. The van der Waals surface area contributed by atoms with Crippen LogP contribution in [0.15, 0.2) is 24.3 Å². The number of hydrogen-bond donors (Lipinski definition) is 2. The highest BCUT2D eigenvalue weighted by atomic mass is 16.5. The Hall–Kier alpha value is -2.90. The van der Waals surface area contributed by atoms with E-state index in [1.807, 2.05) is 26.0 Å². The highest BCUT2D eigenvalue weighted by molar-refractivity contribution is 6.09. The molecule has 0 aromatic heterocycles. The minimum Gasteiger partial charge on any atom is -0.454 e. The topological polar surface area (TPSA) is 105 Å². The van der Waals surface area contributed by atoms with Gasteiger partial charge in [-0.25, -0.2) is 4.79 Å². The van der Waals surface area contributed by atoms with Crippen molar-refractivity contribution < 1.29 is 23.9 Å². The van der Waals surface area contributed by atoms with E-state index >= 15 is 0 Å². The average Bonchev–Trinajstić information content (AvgIpc) is 2.94. The van der Waals surface area contributed by atoms with E-state index in [0.717, 1.165) is 36.1 Å². The first-order chi connectivity index (χ1) is 13.9. The number of rotatable bonds is 6. The number of benzene rings is 1. The Balaban J connectivity index is 1.53. The van der Waals surface area contributed by atoms with E-state index in [0.29, 0.717) is 12.1 Å². The molecule has 4 amide bonds. The summed E-state index contributed by atoms with van der Waals surface area (Å²) in [5, 5.41) is 5.49. The molecule has 2 aliphatic rings. The van der Waals surface area contributed by atoms with Gasteiger partial charge in [0.15, 0.2) is 6.61 Å². The van der Waals surface area contributed by atoms with Gasteiger partial charge in [-0.3, -0.25) is 19.3 Å². The molecular formula is C21H27N3O5. The van der Waals surface area contributed by atoms with Crippen LogP contribution in [0.1, 0.15) is 45.1 Å². The van der Waals surface area contributed by atoms with Gasteiger partial charge in [-0.2, -0.15) is 0 Å². The number of para-hydroxylation sites is 1. The second-order valence-electron chi connectivity index (χ2n) is 7.66. The predicted octanol–water partition coefficient (Wildman–Crippen LogP) is 2.23. The maximum absolute atomic E-state index is 12.8. The number of amides is 4. The Labute approximate surface area is 170 Å². The van der Waals surface area contributed by atoms with Crippen LogP contribution in [0.3, 0.4) is 0 Å². The van der Waals surface area contributed by atoms with Crippen molar-refractivity contribution in [2.45, 2.75) is 51.5 Å². The number of aryl methyl sites for hydroxylation is 1. The van der Waals surface area contributed by atoms with Crippen LogP contribution < -0.4 is 10.6 Å². The van der Waals surface area contributed by atoms with Crippen molar-refractivity contribution in [3.05, 3.63) is 29.8 Å². The summed E-state index contributed by atoms with van der Waals surface area (Å²) in [7, 11) is 0. The van der Waals surface area contributed by atoms with Crippen LogP contribution in [-0.2, 0) is 25.5 Å². The Morgan fingerprint density at radius 2 is 2.03 bits per heavy atom. The highest BCUT2D eigenvalue weighted by Gasteiger charge is 2.55. The molecule has 8 nitrogen and oxygen atoms in total. The normalized spacial score (nSPS) is 23.8. The highest BCUT2D eigenvalue weighted by Crippen LogP contribution is 2.38. The first kappa shape index (κ1) is 20.8. The van der Waals surface area contributed by atoms with Crippen molar-refractivity contribution in [2.24, 2.45) is 5.92 Å². The van der Waals surface area contributed by atoms with Crippen LogP contribution in [0.4, 0.5) is 10.5 Å². The summed E-state index contributed by atoms with van der Waals surface area (Å²) in [6.07, 6.45) is 4.05. The van der Waals surface area contributed by atoms with Gasteiger partial charge in [-0.1, -0.05) is 44.9 Å². The Bertz CT molecular complexity index is 824. The van der Waals surface area contributed by atoms with Crippen molar-refractivity contribution in [2.75, 3.05) is 18.5 Å². The zero-order chi connectivity index (χ0) is 21.0. The lowest BCUT2D eigenvalue weighted by Crippen LogP contribution is -2.54. The monoisotopic (exact) mass is 401 g/mol. The van der Waals surface area contributed by atoms with Crippen molar-refractivity contribution in [3.8, 4) is 0 Å². The van der Waals surface area contributed by atoms with Gasteiger partial charge >= 0.3 is 12.0 Å². The maximum Gasteiger partial charge on any atom is 0.326 e. The summed E-state index contributed by atoms with van der Waals surface area (Å²) in [5.41, 5.74) is 0.716. The van der Waals surface area contributed by atoms with E-state index in [1.165, 1.54) is 0 Å². The van der Waals surface area contributed by atoms with Crippen LogP contribution in [0.5, 0.6) is 0 Å². The van der Waals surface area contributed by atoms with E-state index in [-0.39, 0.29) is 11.8 Å². The second kappa shape index (κ2) is 8.63. The van der Waals surface area contributed by atoms with E-state index in [4.69, 9.17) is 4.74 Å². The number of carbonyl (C=O) groups is 4. The number of nitrogens with zero attached hydrogens (tertiary/aromatic N) is 1. The third-order valence-corrected chi connectivity index (χ3v) is 5.83. The smallest absolute Gasteiger partial charge is 0.326 e. The minimum atomic E-state index is -0.920. The number of urea groups is 1. The molecule has 1 saturated carbocycles. The number of anilines is 1. The zero-order valence-corrected chi connectivity index (χ0v) is 16.8. The summed E-state index contributed by atoms with van der Waals surface area (Å²) >= 11 is 0. The number of carbonyl (C=O) groups excluding carboxylic acids is 4. The molecule has 1 aliphatic carbocycles. The fourth-order valence-corrected chi connectivity index (χ4v) is 4.10. The summed E-state index contributed by atoms with van der Waals surface area (Å²) in [6, 6.07) is 6.78. The maximum atomic E-state index is 12.8. The number of imide groups is 1. The van der Waals surface area contributed by atoms with E-state index < -0.39 is 36.6 Å². The summed E-state index contributed by atoms with van der Waals surface area (Å²) < 4.78 is 4.99. The lowest BCUT2D eigenvalue weighted by Gasteiger charge is -2.36. The molecule has 0 bridgehead atoms. The SMILES string of the molecule is CCc1ccccc1NC(=O)COC(=O)CN1C(=O)N[C@]2(CCCC[C@@H]2C)C1=O. The molecule has 1 spiro atoms. The van der Waals surface area contributed by atoms with Gasteiger partial charge < -0.3 is 15.4 Å². The Kier molecular flexibility index (Phi) is 6.20. The molecule has 1 aromatic carbocycles. The molecule has 1 aliphatic heterocycles. The van der Waals surface area contributed by atoms with E-state index in [2.05, 4.69) is 10.6 Å². The van der Waals surface area contributed by atoms with Crippen LogP contribution in [0.25, 0.3) is 0 Å². The fourth-order valence-electron chi connectivity index (χ4n) is 4.10. The van der Waals surface area contributed by atoms with Gasteiger partial charge in [0.1, 0.15) is 12.1 Å². The summed E-state index contributed by atoms with van der Waals surface area (Å²) in [6.45, 7) is 2.93. The number of nitrogens with one attached hydrogen (secondary N) is 2. The lowest BCUT2D eigenvalue weighted by molar-refractivity contribution is -0.150. The molecule has 0 radical (unpaired) electrons. The van der Waals surface area contributed by atoms with Crippen LogP contribution in [0.2, 0.25) is 0 Å². The zero-order valence-electron chi connectivity index (χ0n) is 16.8. The fraction of sp³-hybridized carbons (Fsp3) is 0.524. The molecule has 8 heteroatoms. The van der Waals surface area contributed by atoms with Gasteiger partial charge in [0.2, 0.25) is 0 Å². The molecule has 29 heavy (non-hydrogen) atoms. The molecule has 2 atom stereocenters. The molecule has 1 heterocycles. The van der Waals surface area contributed by atoms with Crippen molar-refractivity contribution in [1.29, 1.82) is 0 Å². The predicted molar refractivity (Wildman–Crippen MR) is 106 cm³/mol. The summed E-state index contributed by atoms with van der Waals surface area (Å²) in [4.78, 5) is 50.3. The van der Waals surface area contributed by atoms with Crippen LogP contribution in [-0.4, -0.2) is 47.4 Å². The number of hydrogen-bond acceptors (Lipinski definition) is 5. The summed E-state index contributed by atoms with van der Waals surface area (Å²) in [5.74, 6) is -1.65. The largest absolute Gasteiger partial charge is 0.454 e. The molecule has 2 N–H and O–H groups in total. The van der Waals surface area contributed by atoms with Crippen molar-refractivity contribution >= 4 is 29.5 Å². The van der Waals surface area contributed by atoms with Crippen LogP contribution >= 0.6 is 0 Å². The van der Waals surface area contributed by atoms with E-state index in [9.17, 15) is 19.2 Å². The Morgan fingerprint density at radius 3 is 2.76 bits per heavy atom. The van der Waals surface area contributed by atoms with Gasteiger partial charge in [0.05, 0.1) is 0 Å². The number of esters is 1. The molecule has 1 aromatic rings.